The average Bonchev–Trinajstić information content (AvgIpc) is 2.41. The number of halogens is 4. The summed E-state index contributed by atoms with van der Waals surface area (Å²) in [6.07, 6.45) is -2.92. The number of anilines is 1. The van der Waals surface area contributed by atoms with E-state index in [4.69, 9.17) is 11.6 Å². The highest BCUT2D eigenvalue weighted by atomic mass is 35.5. The molecule has 0 fully saturated rings. The summed E-state index contributed by atoms with van der Waals surface area (Å²) < 4.78 is 38.6. The Morgan fingerprint density at radius 3 is 2.26 bits per heavy atom. The van der Waals surface area contributed by atoms with Crippen molar-refractivity contribution in [1.29, 1.82) is 0 Å². The first-order chi connectivity index (χ1) is 10.6. The van der Waals surface area contributed by atoms with Crippen LogP contribution in [0.1, 0.15) is 31.7 Å². The fraction of sp³-hybridized carbons (Fsp3) is 0.500. The summed E-state index contributed by atoms with van der Waals surface area (Å²) in [5, 5.41) is 23.4. The number of nitro groups is 2. The molecule has 0 saturated carbocycles. The van der Waals surface area contributed by atoms with Crippen LogP contribution in [-0.4, -0.2) is 16.4 Å². The molecular formula is C12H13ClF3N3O4. The Balaban J connectivity index is 3.49. The molecule has 0 bridgehead atoms. The number of nitro benzene ring substituents is 2. The van der Waals surface area contributed by atoms with Crippen LogP contribution in [0.3, 0.4) is 0 Å². The number of rotatable bonds is 7. The third-order valence-corrected chi connectivity index (χ3v) is 3.37. The van der Waals surface area contributed by atoms with Crippen LogP contribution in [0, 0.1) is 20.2 Å². The average molecular weight is 356 g/mol. The summed E-state index contributed by atoms with van der Waals surface area (Å²) >= 11 is 5.49. The van der Waals surface area contributed by atoms with E-state index in [0.29, 0.717) is 6.42 Å². The smallest absolute Gasteiger partial charge is 0.374 e. The fourth-order valence-electron chi connectivity index (χ4n) is 1.92. The second-order valence-electron chi connectivity index (χ2n) is 4.63. The van der Waals surface area contributed by atoms with E-state index in [1.807, 2.05) is 6.92 Å². The maximum Gasteiger partial charge on any atom is 0.418 e. The highest BCUT2D eigenvalue weighted by Gasteiger charge is 2.41. The van der Waals surface area contributed by atoms with Crippen LogP contribution >= 0.6 is 11.6 Å². The maximum atomic E-state index is 12.9. The van der Waals surface area contributed by atoms with E-state index in [9.17, 15) is 33.4 Å². The zero-order valence-corrected chi connectivity index (χ0v) is 12.7. The monoisotopic (exact) mass is 355 g/mol. The summed E-state index contributed by atoms with van der Waals surface area (Å²) in [7, 11) is 0. The molecule has 1 aromatic rings. The zero-order valence-electron chi connectivity index (χ0n) is 11.9. The van der Waals surface area contributed by atoms with Gasteiger partial charge in [-0.25, -0.2) is 0 Å². The minimum atomic E-state index is -5.05. The second-order valence-corrected chi connectivity index (χ2v) is 5.00. The highest BCUT2D eigenvalue weighted by Crippen LogP contribution is 2.47. The number of hydrogen-bond acceptors (Lipinski definition) is 5. The van der Waals surface area contributed by atoms with Gasteiger partial charge in [0.1, 0.15) is 5.02 Å². The number of hydrogen-bond donors (Lipinski definition) is 1. The van der Waals surface area contributed by atoms with Gasteiger partial charge >= 0.3 is 11.9 Å². The fourth-order valence-corrected chi connectivity index (χ4v) is 2.24. The lowest BCUT2D eigenvalue weighted by Crippen LogP contribution is -2.12. The molecule has 0 aliphatic rings. The predicted octanol–water partition coefficient (Wildman–Crippen LogP) is 4.78. The third-order valence-electron chi connectivity index (χ3n) is 2.99. The second kappa shape index (κ2) is 7.44. The molecule has 128 valence electrons. The van der Waals surface area contributed by atoms with E-state index in [1.54, 1.807) is 0 Å². The SMILES string of the molecule is CCCCCNc1c([N+](=O)[O-])cc(C(F)(F)F)c(Cl)c1[N+](=O)[O-]. The van der Waals surface area contributed by atoms with Crippen LogP contribution in [-0.2, 0) is 6.18 Å². The Morgan fingerprint density at radius 1 is 1.22 bits per heavy atom. The number of nitrogens with one attached hydrogen (secondary N) is 1. The molecule has 0 atom stereocenters. The molecule has 0 saturated heterocycles. The zero-order chi connectivity index (χ0) is 17.8. The van der Waals surface area contributed by atoms with Gasteiger partial charge in [-0.05, 0) is 6.42 Å². The molecule has 23 heavy (non-hydrogen) atoms. The number of unbranched alkanes of at least 4 members (excludes halogenated alkanes) is 2. The van der Waals surface area contributed by atoms with Gasteiger partial charge < -0.3 is 5.32 Å². The minimum Gasteiger partial charge on any atom is -0.374 e. The van der Waals surface area contributed by atoms with Crippen molar-refractivity contribution >= 4 is 28.7 Å². The van der Waals surface area contributed by atoms with E-state index >= 15 is 0 Å². The molecule has 1 rings (SSSR count). The largest absolute Gasteiger partial charge is 0.418 e. The molecule has 0 heterocycles. The standard InChI is InChI=1S/C12H13ClF3N3O4/c1-2-3-4-5-17-10-8(18(20)21)6-7(12(14,15)16)9(13)11(10)19(22)23/h6,17H,2-5H2,1H3. The van der Waals surface area contributed by atoms with Gasteiger partial charge in [-0.2, -0.15) is 13.2 Å². The molecule has 0 spiro atoms. The van der Waals surface area contributed by atoms with E-state index in [1.165, 1.54) is 0 Å². The van der Waals surface area contributed by atoms with Crippen molar-refractivity contribution in [1.82, 2.24) is 0 Å². The van der Waals surface area contributed by atoms with Crippen molar-refractivity contribution in [2.75, 3.05) is 11.9 Å². The Morgan fingerprint density at radius 2 is 1.83 bits per heavy atom. The van der Waals surface area contributed by atoms with Crippen LogP contribution in [0.4, 0.5) is 30.2 Å². The molecular weight excluding hydrogens is 343 g/mol. The predicted molar refractivity (Wildman–Crippen MR) is 77.8 cm³/mol. The van der Waals surface area contributed by atoms with Gasteiger partial charge in [-0.15, -0.1) is 0 Å². The quantitative estimate of drug-likeness (QED) is 0.431. The maximum absolute atomic E-state index is 12.9. The molecule has 0 radical (unpaired) electrons. The van der Waals surface area contributed by atoms with Gasteiger partial charge in [0.05, 0.1) is 15.4 Å². The van der Waals surface area contributed by atoms with Crippen molar-refractivity contribution < 1.29 is 23.0 Å². The highest BCUT2D eigenvalue weighted by molar-refractivity contribution is 6.34. The molecule has 1 N–H and O–H groups in total. The van der Waals surface area contributed by atoms with E-state index < -0.39 is 43.7 Å². The van der Waals surface area contributed by atoms with Crippen LogP contribution in [0.2, 0.25) is 5.02 Å². The van der Waals surface area contributed by atoms with Crippen LogP contribution < -0.4 is 5.32 Å². The van der Waals surface area contributed by atoms with E-state index in [0.717, 1.165) is 12.8 Å². The molecule has 11 heteroatoms. The lowest BCUT2D eigenvalue weighted by Gasteiger charge is -2.13. The van der Waals surface area contributed by atoms with Crippen molar-refractivity contribution in [3.63, 3.8) is 0 Å². The summed E-state index contributed by atoms with van der Waals surface area (Å²) in [4.78, 5) is 19.8. The van der Waals surface area contributed by atoms with Crippen LogP contribution in [0.5, 0.6) is 0 Å². The van der Waals surface area contributed by atoms with Crippen LogP contribution in [0.25, 0.3) is 0 Å². The first-order valence-corrected chi connectivity index (χ1v) is 6.95. The van der Waals surface area contributed by atoms with Gasteiger partial charge in [0.15, 0.2) is 5.69 Å². The molecule has 1 aromatic carbocycles. The third kappa shape index (κ3) is 4.44. The minimum absolute atomic E-state index is 0.136. The number of benzene rings is 1. The first kappa shape index (κ1) is 18.9. The summed E-state index contributed by atoms with van der Waals surface area (Å²) in [6.45, 7) is 2.04. The Bertz CT molecular complexity index is 623. The topological polar surface area (TPSA) is 98.3 Å². The van der Waals surface area contributed by atoms with Gasteiger partial charge in [0.2, 0.25) is 0 Å². The number of alkyl halides is 3. The lowest BCUT2D eigenvalue weighted by atomic mass is 10.1. The van der Waals surface area contributed by atoms with Gasteiger partial charge in [-0.3, -0.25) is 20.2 Å². The van der Waals surface area contributed by atoms with Gasteiger partial charge in [-0.1, -0.05) is 31.4 Å². The van der Waals surface area contributed by atoms with Crippen molar-refractivity contribution in [2.24, 2.45) is 0 Å². The van der Waals surface area contributed by atoms with E-state index in [2.05, 4.69) is 5.32 Å². The molecule has 0 aliphatic carbocycles. The Hall–Kier alpha value is -2.10. The Kier molecular flexibility index (Phi) is 6.13. The lowest BCUT2D eigenvalue weighted by molar-refractivity contribution is -0.392. The Labute approximate surface area is 133 Å². The van der Waals surface area contributed by atoms with Crippen molar-refractivity contribution in [3.8, 4) is 0 Å². The van der Waals surface area contributed by atoms with Gasteiger partial charge in [0, 0.05) is 12.6 Å². The van der Waals surface area contributed by atoms with E-state index in [-0.39, 0.29) is 12.6 Å². The molecule has 0 amide bonds. The summed E-state index contributed by atoms with van der Waals surface area (Å²) in [5.41, 5.74) is -4.42. The normalized spacial score (nSPS) is 11.3. The summed E-state index contributed by atoms with van der Waals surface area (Å²) in [6, 6.07) is 0.206. The van der Waals surface area contributed by atoms with Gasteiger partial charge in [0.25, 0.3) is 5.69 Å². The molecule has 7 nitrogen and oxygen atoms in total. The molecule has 0 unspecified atom stereocenters. The number of nitrogens with zero attached hydrogens (tertiary/aromatic N) is 2. The first-order valence-electron chi connectivity index (χ1n) is 6.57. The van der Waals surface area contributed by atoms with Crippen molar-refractivity contribution in [2.45, 2.75) is 32.4 Å². The summed E-state index contributed by atoms with van der Waals surface area (Å²) in [5.74, 6) is 0. The van der Waals surface area contributed by atoms with Crippen molar-refractivity contribution in [3.05, 3.63) is 36.9 Å². The molecule has 0 aromatic heterocycles. The van der Waals surface area contributed by atoms with Crippen LogP contribution in [0.15, 0.2) is 6.07 Å². The molecule has 0 aliphatic heterocycles.